The first-order chi connectivity index (χ1) is 17.5. The molecule has 4 rings (SSSR count). The van der Waals surface area contributed by atoms with Crippen molar-refractivity contribution in [2.45, 2.75) is 70.8 Å². The van der Waals surface area contributed by atoms with Crippen LogP contribution in [0.4, 0.5) is 4.79 Å². The Labute approximate surface area is 212 Å². The van der Waals surface area contributed by atoms with Gasteiger partial charge in [-0.1, -0.05) is 48.4 Å². The molecule has 2 aliphatic rings. The molecule has 36 heavy (non-hydrogen) atoms. The Balaban J connectivity index is 1.17. The number of carbonyl (C=O) groups excluding carboxylic acids is 2. The monoisotopic (exact) mass is 493 g/mol. The van der Waals surface area contributed by atoms with Gasteiger partial charge < -0.3 is 19.7 Å². The van der Waals surface area contributed by atoms with E-state index >= 15 is 0 Å². The summed E-state index contributed by atoms with van der Waals surface area (Å²) in [6.45, 7) is 6.20. The van der Waals surface area contributed by atoms with Crippen LogP contribution >= 0.6 is 0 Å². The van der Waals surface area contributed by atoms with Crippen molar-refractivity contribution in [2.75, 3.05) is 19.6 Å². The Kier molecular flexibility index (Phi) is 8.95. The minimum absolute atomic E-state index is 0.0145. The SMILES string of the molecule is C[C@H](C[C@@H]1CC[C@H]([C@@H](C)C(=O)N2CCCC2)O1)n1cc(C#CCNC(=O)OCc2ccccc2)nn1. The van der Waals surface area contributed by atoms with E-state index in [0.717, 1.165) is 50.8 Å². The maximum atomic E-state index is 12.7. The highest BCUT2D eigenvalue weighted by molar-refractivity contribution is 5.79. The topological polar surface area (TPSA) is 98.6 Å². The molecule has 1 aromatic heterocycles. The Hall–Kier alpha value is -3.38. The Morgan fingerprint density at radius 1 is 1.19 bits per heavy atom. The van der Waals surface area contributed by atoms with Crippen molar-refractivity contribution in [3.63, 3.8) is 0 Å². The second-order valence-corrected chi connectivity index (χ2v) is 9.58. The maximum Gasteiger partial charge on any atom is 0.408 e. The van der Waals surface area contributed by atoms with Crippen LogP contribution in [0.2, 0.25) is 0 Å². The minimum Gasteiger partial charge on any atom is -0.445 e. The summed E-state index contributed by atoms with van der Waals surface area (Å²) in [5.74, 6) is 5.92. The first-order valence-electron chi connectivity index (χ1n) is 12.8. The van der Waals surface area contributed by atoms with Crippen molar-refractivity contribution in [3.05, 3.63) is 47.8 Å². The lowest BCUT2D eigenvalue weighted by molar-refractivity contribution is -0.138. The van der Waals surface area contributed by atoms with Crippen molar-refractivity contribution in [1.29, 1.82) is 0 Å². The lowest BCUT2D eigenvalue weighted by atomic mass is 9.99. The number of nitrogens with one attached hydrogen (secondary N) is 1. The number of ether oxygens (including phenoxy) is 2. The molecule has 192 valence electrons. The molecule has 3 heterocycles. The van der Waals surface area contributed by atoms with Crippen molar-refractivity contribution < 1.29 is 19.1 Å². The van der Waals surface area contributed by atoms with E-state index in [2.05, 4.69) is 34.4 Å². The molecule has 0 spiro atoms. The first kappa shape index (κ1) is 25.7. The fourth-order valence-corrected chi connectivity index (χ4v) is 4.72. The Morgan fingerprint density at radius 3 is 2.75 bits per heavy atom. The predicted octanol–water partition coefficient (Wildman–Crippen LogP) is 3.31. The standard InChI is InChI=1S/C27H35N5O4/c1-20(17-24-12-13-25(36-24)21(2)26(33)31-15-6-7-16-31)32-18-23(29-30-32)11-8-14-28-27(34)35-19-22-9-4-3-5-10-22/h3-5,9-10,18,20-21,24-25H,6-7,12-17,19H2,1-2H3,(H,28,34)/t20-,21-,24+,25-/m1/s1. The molecule has 2 fully saturated rings. The molecule has 0 saturated carbocycles. The summed E-state index contributed by atoms with van der Waals surface area (Å²) >= 11 is 0. The summed E-state index contributed by atoms with van der Waals surface area (Å²) in [6, 6.07) is 9.58. The molecule has 2 aromatic rings. The van der Waals surface area contributed by atoms with E-state index < -0.39 is 6.09 Å². The van der Waals surface area contributed by atoms with Crippen molar-refractivity contribution >= 4 is 12.0 Å². The van der Waals surface area contributed by atoms with E-state index in [1.165, 1.54) is 0 Å². The highest BCUT2D eigenvalue weighted by Gasteiger charge is 2.36. The lowest BCUT2D eigenvalue weighted by Crippen LogP contribution is -2.38. The van der Waals surface area contributed by atoms with E-state index in [0.29, 0.717) is 5.69 Å². The van der Waals surface area contributed by atoms with Gasteiger partial charge in [0.05, 0.1) is 36.9 Å². The van der Waals surface area contributed by atoms with Gasteiger partial charge in [0.2, 0.25) is 5.91 Å². The molecule has 2 amide bonds. The molecule has 2 saturated heterocycles. The zero-order valence-electron chi connectivity index (χ0n) is 21.1. The number of benzene rings is 1. The Bertz CT molecular complexity index is 1070. The number of likely N-dealkylation sites (tertiary alicyclic amines) is 1. The molecular weight excluding hydrogens is 458 g/mol. The summed E-state index contributed by atoms with van der Waals surface area (Å²) in [5.41, 5.74) is 1.46. The van der Waals surface area contributed by atoms with Crippen LogP contribution in [-0.4, -0.2) is 63.7 Å². The van der Waals surface area contributed by atoms with Crippen LogP contribution in [0.15, 0.2) is 36.5 Å². The zero-order valence-corrected chi connectivity index (χ0v) is 21.1. The van der Waals surface area contributed by atoms with Crippen molar-refractivity contribution in [1.82, 2.24) is 25.2 Å². The van der Waals surface area contributed by atoms with E-state index in [-0.39, 0.29) is 43.2 Å². The van der Waals surface area contributed by atoms with Gasteiger partial charge in [0.15, 0.2) is 5.69 Å². The smallest absolute Gasteiger partial charge is 0.408 e. The highest BCUT2D eigenvalue weighted by atomic mass is 16.5. The molecule has 0 radical (unpaired) electrons. The minimum atomic E-state index is -0.517. The van der Waals surface area contributed by atoms with Gasteiger partial charge in [-0.15, -0.1) is 5.10 Å². The van der Waals surface area contributed by atoms with Gasteiger partial charge in [-0.05, 0) is 50.5 Å². The fraction of sp³-hybridized carbons (Fsp3) is 0.556. The van der Waals surface area contributed by atoms with Crippen LogP contribution < -0.4 is 5.32 Å². The van der Waals surface area contributed by atoms with Crippen molar-refractivity contribution in [3.8, 4) is 11.8 Å². The number of rotatable bonds is 8. The number of amides is 2. The third-order valence-electron chi connectivity index (χ3n) is 6.82. The largest absolute Gasteiger partial charge is 0.445 e. The van der Waals surface area contributed by atoms with Crippen LogP contribution in [0.1, 0.15) is 63.3 Å². The number of hydrogen-bond acceptors (Lipinski definition) is 6. The van der Waals surface area contributed by atoms with Gasteiger partial charge in [-0.25, -0.2) is 9.48 Å². The first-order valence-corrected chi connectivity index (χ1v) is 12.8. The summed E-state index contributed by atoms with van der Waals surface area (Å²) in [5, 5.41) is 10.9. The van der Waals surface area contributed by atoms with Crippen LogP contribution in [-0.2, 0) is 20.9 Å². The zero-order chi connectivity index (χ0) is 25.3. The molecule has 4 atom stereocenters. The van der Waals surface area contributed by atoms with Gasteiger partial charge in [0, 0.05) is 13.1 Å². The number of carbonyl (C=O) groups is 2. The predicted molar refractivity (Wildman–Crippen MR) is 134 cm³/mol. The molecule has 1 N–H and O–H groups in total. The fourth-order valence-electron chi connectivity index (χ4n) is 4.72. The maximum absolute atomic E-state index is 12.7. The number of aromatic nitrogens is 3. The quantitative estimate of drug-likeness (QED) is 0.567. The highest BCUT2D eigenvalue weighted by Crippen LogP contribution is 2.31. The normalized spacial score (nSPS) is 20.9. The van der Waals surface area contributed by atoms with E-state index in [1.807, 2.05) is 42.2 Å². The Morgan fingerprint density at radius 2 is 1.97 bits per heavy atom. The van der Waals surface area contributed by atoms with E-state index in [9.17, 15) is 9.59 Å². The summed E-state index contributed by atoms with van der Waals surface area (Å²) in [6.07, 6.45) is 6.23. The molecule has 0 unspecified atom stereocenters. The number of nitrogens with zero attached hydrogens (tertiary/aromatic N) is 4. The molecule has 9 nitrogen and oxygen atoms in total. The molecule has 2 aliphatic heterocycles. The summed E-state index contributed by atoms with van der Waals surface area (Å²) in [7, 11) is 0. The number of alkyl carbamates (subject to hydrolysis) is 1. The van der Waals surface area contributed by atoms with E-state index in [1.54, 1.807) is 10.9 Å². The van der Waals surface area contributed by atoms with Gasteiger partial charge in [0.1, 0.15) is 6.61 Å². The van der Waals surface area contributed by atoms with Crippen LogP contribution in [0, 0.1) is 17.8 Å². The molecule has 1 aromatic carbocycles. The molecule has 0 bridgehead atoms. The van der Waals surface area contributed by atoms with Crippen molar-refractivity contribution in [2.24, 2.45) is 5.92 Å². The third kappa shape index (κ3) is 7.08. The molecular formula is C27H35N5O4. The van der Waals surface area contributed by atoms with Gasteiger partial charge in [0.25, 0.3) is 0 Å². The van der Waals surface area contributed by atoms with Gasteiger partial charge in [-0.2, -0.15) is 0 Å². The average molecular weight is 494 g/mol. The van der Waals surface area contributed by atoms with Crippen LogP contribution in [0.5, 0.6) is 0 Å². The van der Waals surface area contributed by atoms with Crippen LogP contribution in [0.25, 0.3) is 0 Å². The number of hydrogen-bond donors (Lipinski definition) is 1. The lowest BCUT2D eigenvalue weighted by Gasteiger charge is -2.25. The van der Waals surface area contributed by atoms with Gasteiger partial charge in [-0.3, -0.25) is 4.79 Å². The second kappa shape index (κ2) is 12.5. The average Bonchev–Trinajstić information content (AvgIpc) is 3.67. The summed E-state index contributed by atoms with van der Waals surface area (Å²) < 4.78 is 13.2. The van der Waals surface area contributed by atoms with E-state index in [4.69, 9.17) is 9.47 Å². The molecule has 0 aliphatic carbocycles. The molecule has 9 heteroatoms. The van der Waals surface area contributed by atoms with Crippen LogP contribution in [0.3, 0.4) is 0 Å². The van der Waals surface area contributed by atoms with Gasteiger partial charge >= 0.3 is 6.09 Å². The third-order valence-corrected chi connectivity index (χ3v) is 6.82. The second-order valence-electron chi connectivity index (χ2n) is 9.58. The summed E-state index contributed by atoms with van der Waals surface area (Å²) in [4.78, 5) is 26.5.